The van der Waals surface area contributed by atoms with E-state index in [1.165, 1.54) is 24.3 Å². The molecule has 0 atom stereocenters. The predicted molar refractivity (Wildman–Crippen MR) is 97.2 cm³/mol. The zero-order valence-electron chi connectivity index (χ0n) is 14.0. The lowest BCUT2D eigenvalue weighted by molar-refractivity contribution is -0.137. The SMILES string of the molecule is CSc1nc(-c2ccccc2-c2ccccc2C(F)(F)F)c(C#N)c(=O)[nH]1. The summed E-state index contributed by atoms with van der Waals surface area (Å²) in [6, 6.07) is 13.3. The molecule has 4 nitrogen and oxygen atoms in total. The molecular weight excluding hydrogens is 375 g/mol. The first kappa shape index (κ1) is 18.7. The highest BCUT2D eigenvalue weighted by atomic mass is 32.2. The Labute approximate surface area is 156 Å². The van der Waals surface area contributed by atoms with Gasteiger partial charge in [0, 0.05) is 5.56 Å². The normalized spacial score (nSPS) is 11.2. The number of rotatable bonds is 3. The minimum atomic E-state index is -4.55. The van der Waals surface area contributed by atoms with Gasteiger partial charge in [-0.05, 0) is 23.4 Å². The van der Waals surface area contributed by atoms with Crippen LogP contribution in [0.5, 0.6) is 0 Å². The fourth-order valence-electron chi connectivity index (χ4n) is 2.74. The van der Waals surface area contributed by atoms with Crippen molar-refractivity contribution in [1.29, 1.82) is 5.26 Å². The number of hydrogen-bond acceptors (Lipinski definition) is 4. The molecule has 0 saturated carbocycles. The predicted octanol–water partition coefficient (Wildman–Crippen LogP) is 4.72. The van der Waals surface area contributed by atoms with Crippen LogP contribution in [-0.2, 0) is 6.18 Å². The summed E-state index contributed by atoms with van der Waals surface area (Å²) in [5.41, 5.74) is -1.14. The van der Waals surface area contributed by atoms with Crippen LogP contribution in [0, 0.1) is 11.3 Å². The van der Waals surface area contributed by atoms with Gasteiger partial charge in [-0.25, -0.2) is 4.98 Å². The van der Waals surface area contributed by atoms with E-state index in [9.17, 15) is 23.2 Å². The van der Waals surface area contributed by atoms with E-state index in [2.05, 4.69) is 9.97 Å². The lowest BCUT2D eigenvalue weighted by atomic mass is 9.92. The van der Waals surface area contributed by atoms with Gasteiger partial charge in [0.05, 0.1) is 11.3 Å². The third-order valence-corrected chi connectivity index (χ3v) is 4.49. The molecule has 0 amide bonds. The number of nitriles is 1. The number of H-pyrrole nitrogens is 1. The average Bonchev–Trinajstić information content (AvgIpc) is 2.66. The molecule has 0 aliphatic carbocycles. The maximum atomic E-state index is 13.5. The Bertz CT molecular complexity index is 1100. The Morgan fingerprint density at radius 3 is 2.22 bits per heavy atom. The molecule has 0 spiro atoms. The van der Waals surface area contributed by atoms with Gasteiger partial charge in [0.2, 0.25) is 0 Å². The second-order valence-electron chi connectivity index (χ2n) is 5.50. The number of alkyl halides is 3. The van der Waals surface area contributed by atoms with Crippen molar-refractivity contribution >= 4 is 11.8 Å². The fourth-order valence-corrected chi connectivity index (χ4v) is 3.11. The van der Waals surface area contributed by atoms with E-state index < -0.39 is 17.3 Å². The molecule has 2 aromatic carbocycles. The first-order valence-corrected chi connectivity index (χ1v) is 8.93. The van der Waals surface area contributed by atoms with Crippen LogP contribution >= 0.6 is 11.8 Å². The summed E-state index contributed by atoms with van der Waals surface area (Å²) in [5, 5.41) is 9.64. The third kappa shape index (κ3) is 3.59. The van der Waals surface area contributed by atoms with E-state index in [0.717, 1.165) is 17.8 Å². The number of aromatic amines is 1. The van der Waals surface area contributed by atoms with Crippen molar-refractivity contribution in [2.24, 2.45) is 0 Å². The van der Waals surface area contributed by atoms with Crippen molar-refractivity contribution in [3.63, 3.8) is 0 Å². The minimum absolute atomic E-state index is 0.0442. The van der Waals surface area contributed by atoms with Crippen molar-refractivity contribution in [3.8, 4) is 28.5 Å². The van der Waals surface area contributed by atoms with Crippen molar-refractivity contribution in [2.45, 2.75) is 11.3 Å². The number of nitrogens with one attached hydrogen (secondary N) is 1. The zero-order chi connectivity index (χ0) is 19.6. The van der Waals surface area contributed by atoms with Gasteiger partial charge in [-0.15, -0.1) is 0 Å². The van der Waals surface area contributed by atoms with Crippen LogP contribution in [0.2, 0.25) is 0 Å². The number of aromatic nitrogens is 2. The molecule has 1 aromatic heterocycles. The molecule has 136 valence electrons. The monoisotopic (exact) mass is 387 g/mol. The molecule has 0 unspecified atom stereocenters. The first-order valence-electron chi connectivity index (χ1n) is 7.71. The minimum Gasteiger partial charge on any atom is -0.300 e. The van der Waals surface area contributed by atoms with Gasteiger partial charge in [-0.3, -0.25) is 4.79 Å². The Hall–Kier alpha value is -3.05. The fraction of sp³-hybridized carbons (Fsp3) is 0.105. The second kappa shape index (κ2) is 7.29. The molecule has 0 radical (unpaired) electrons. The smallest absolute Gasteiger partial charge is 0.300 e. The number of halogens is 3. The molecule has 0 aliphatic heterocycles. The topological polar surface area (TPSA) is 69.5 Å². The van der Waals surface area contributed by atoms with Gasteiger partial charge in [0.1, 0.15) is 11.6 Å². The first-order chi connectivity index (χ1) is 12.9. The summed E-state index contributed by atoms with van der Waals surface area (Å²) < 4.78 is 40.4. The van der Waals surface area contributed by atoms with Gasteiger partial charge >= 0.3 is 6.18 Å². The summed E-state index contributed by atoms with van der Waals surface area (Å²) in [6.07, 6.45) is -2.85. The lowest BCUT2D eigenvalue weighted by Gasteiger charge is -2.16. The van der Waals surface area contributed by atoms with Crippen molar-refractivity contribution in [2.75, 3.05) is 6.26 Å². The molecule has 3 rings (SSSR count). The highest BCUT2D eigenvalue weighted by Gasteiger charge is 2.34. The van der Waals surface area contributed by atoms with Crippen LogP contribution < -0.4 is 5.56 Å². The summed E-state index contributed by atoms with van der Waals surface area (Å²) in [5.74, 6) is 0. The summed E-state index contributed by atoms with van der Waals surface area (Å²) in [6.45, 7) is 0. The summed E-state index contributed by atoms with van der Waals surface area (Å²) >= 11 is 1.16. The standard InChI is InChI=1S/C19H12F3N3OS/c1-27-18-24-16(14(10-23)17(26)25-18)13-8-3-2-6-11(13)12-7-4-5-9-15(12)19(20,21)22/h2-9H,1H3,(H,24,25,26). The van der Waals surface area contributed by atoms with E-state index in [4.69, 9.17) is 0 Å². The number of benzene rings is 2. The Kier molecular flexibility index (Phi) is 5.06. The maximum absolute atomic E-state index is 13.5. The van der Waals surface area contributed by atoms with Crippen LogP contribution in [-0.4, -0.2) is 16.2 Å². The molecular formula is C19H12F3N3OS. The zero-order valence-corrected chi connectivity index (χ0v) is 14.8. The largest absolute Gasteiger partial charge is 0.417 e. The Morgan fingerprint density at radius 2 is 1.63 bits per heavy atom. The van der Waals surface area contributed by atoms with Crippen molar-refractivity contribution in [3.05, 3.63) is 70.0 Å². The molecule has 0 aliphatic rings. The van der Waals surface area contributed by atoms with E-state index in [0.29, 0.717) is 0 Å². The lowest BCUT2D eigenvalue weighted by Crippen LogP contribution is -2.15. The highest BCUT2D eigenvalue weighted by molar-refractivity contribution is 7.98. The second-order valence-corrected chi connectivity index (χ2v) is 6.29. The third-order valence-electron chi connectivity index (χ3n) is 3.91. The summed E-state index contributed by atoms with van der Waals surface area (Å²) in [4.78, 5) is 18.9. The van der Waals surface area contributed by atoms with Gasteiger partial charge in [0.15, 0.2) is 5.16 Å². The molecule has 0 bridgehead atoms. The van der Waals surface area contributed by atoms with Gasteiger partial charge in [-0.2, -0.15) is 18.4 Å². The van der Waals surface area contributed by atoms with E-state index in [1.54, 1.807) is 30.5 Å². The number of thioether (sulfide) groups is 1. The quantitative estimate of drug-likeness (QED) is 0.522. The van der Waals surface area contributed by atoms with Gasteiger partial charge in [0.25, 0.3) is 5.56 Å². The van der Waals surface area contributed by atoms with E-state index in [1.807, 2.05) is 0 Å². The number of hydrogen-bond donors (Lipinski definition) is 1. The van der Waals surface area contributed by atoms with Crippen LogP contribution in [0.3, 0.4) is 0 Å². The average molecular weight is 387 g/mol. The van der Waals surface area contributed by atoms with Gasteiger partial charge < -0.3 is 4.98 Å². The van der Waals surface area contributed by atoms with Crippen LogP contribution in [0.25, 0.3) is 22.4 Å². The van der Waals surface area contributed by atoms with E-state index >= 15 is 0 Å². The number of nitrogens with zero attached hydrogens (tertiary/aromatic N) is 2. The Balaban J connectivity index is 2.35. The van der Waals surface area contributed by atoms with Gasteiger partial charge in [-0.1, -0.05) is 54.2 Å². The Morgan fingerprint density at radius 1 is 1.04 bits per heavy atom. The molecule has 8 heteroatoms. The van der Waals surface area contributed by atoms with E-state index in [-0.39, 0.29) is 33.1 Å². The maximum Gasteiger partial charge on any atom is 0.417 e. The molecule has 0 saturated heterocycles. The molecule has 3 aromatic rings. The van der Waals surface area contributed by atoms with Crippen molar-refractivity contribution < 1.29 is 13.2 Å². The van der Waals surface area contributed by atoms with Crippen molar-refractivity contribution in [1.82, 2.24) is 9.97 Å². The van der Waals surface area contributed by atoms with Crippen LogP contribution in [0.4, 0.5) is 13.2 Å². The van der Waals surface area contributed by atoms with Crippen LogP contribution in [0.1, 0.15) is 11.1 Å². The molecule has 27 heavy (non-hydrogen) atoms. The molecule has 1 N–H and O–H groups in total. The molecule has 0 fully saturated rings. The molecule has 1 heterocycles. The summed E-state index contributed by atoms with van der Waals surface area (Å²) in [7, 11) is 0. The van der Waals surface area contributed by atoms with Crippen LogP contribution in [0.15, 0.2) is 58.5 Å². The highest BCUT2D eigenvalue weighted by Crippen LogP contribution is 2.40.